The molecule has 0 aliphatic carbocycles. The van der Waals surface area contributed by atoms with Gasteiger partial charge in [0.2, 0.25) is 0 Å². The van der Waals surface area contributed by atoms with Crippen LogP contribution in [0, 0.1) is 6.92 Å². The Balaban J connectivity index is 2.32. The third kappa shape index (κ3) is 3.08. The first-order valence-corrected chi connectivity index (χ1v) is 4.70. The Labute approximate surface area is 83.6 Å². The summed E-state index contributed by atoms with van der Waals surface area (Å²) < 4.78 is 9.97. The SMILES string of the molecule is CCC(C)(N)COCc1nonc1C. The van der Waals surface area contributed by atoms with Gasteiger partial charge in [0.15, 0.2) is 0 Å². The Hall–Kier alpha value is -0.940. The Kier molecular flexibility index (Phi) is 3.60. The number of hydrogen-bond acceptors (Lipinski definition) is 5. The van der Waals surface area contributed by atoms with Crippen LogP contribution in [-0.4, -0.2) is 22.5 Å². The zero-order valence-corrected chi connectivity index (χ0v) is 8.91. The van der Waals surface area contributed by atoms with Crippen molar-refractivity contribution < 1.29 is 9.37 Å². The molecule has 5 heteroatoms. The van der Waals surface area contributed by atoms with Crippen LogP contribution in [0.4, 0.5) is 0 Å². The van der Waals surface area contributed by atoms with Crippen molar-refractivity contribution in [2.45, 2.75) is 39.3 Å². The molecule has 1 heterocycles. The number of ether oxygens (including phenoxy) is 1. The van der Waals surface area contributed by atoms with Gasteiger partial charge in [0.05, 0.1) is 13.2 Å². The molecule has 0 aromatic carbocycles. The molecule has 80 valence electrons. The van der Waals surface area contributed by atoms with Crippen LogP contribution in [-0.2, 0) is 11.3 Å². The predicted octanol–water partition coefficient (Wildman–Crippen LogP) is 1.02. The molecule has 0 aliphatic rings. The summed E-state index contributed by atoms with van der Waals surface area (Å²) in [6, 6.07) is 0. The maximum Gasteiger partial charge on any atom is 0.133 e. The highest BCUT2D eigenvalue weighted by Crippen LogP contribution is 2.08. The molecule has 2 N–H and O–H groups in total. The van der Waals surface area contributed by atoms with E-state index in [0.29, 0.717) is 13.2 Å². The fourth-order valence-corrected chi connectivity index (χ4v) is 0.863. The van der Waals surface area contributed by atoms with Crippen molar-refractivity contribution >= 4 is 0 Å². The van der Waals surface area contributed by atoms with Crippen molar-refractivity contribution in [2.75, 3.05) is 6.61 Å². The average Bonchev–Trinajstić information content (AvgIpc) is 2.52. The van der Waals surface area contributed by atoms with Crippen LogP contribution in [0.1, 0.15) is 31.7 Å². The van der Waals surface area contributed by atoms with E-state index in [-0.39, 0.29) is 5.54 Å². The van der Waals surface area contributed by atoms with Gasteiger partial charge in [-0.2, -0.15) is 0 Å². The van der Waals surface area contributed by atoms with Crippen LogP contribution >= 0.6 is 0 Å². The number of aryl methyl sites for hydroxylation is 1. The van der Waals surface area contributed by atoms with Crippen LogP contribution in [0.5, 0.6) is 0 Å². The summed E-state index contributed by atoms with van der Waals surface area (Å²) in [5.41, 5.74) is 7.13. The number of nitrogens with zero attached hydrogens (tertiary/aromatic N) is 2. The first kappa shape index (κ1) is 11.1. The third-order valence-corrected chi connectivity index (χ3v) is 2.22. The van der Waals surface area contributed by atoms with E-state index in [1.54, 1.807) is 0 Å². The molecule has 1 rings (SSSR count). The molecule has 1 aromatic heterocycles. The second-order valence-corrected chi connectivity index (χ2v) is 3.80. The fourth-order valence-electron chi connectivity index (χ4n) is 0.863. The molecule has 0 bridgehead atoms. The number of hydrogen-bond donors (Lipinski definition) is 1. The Morgan fingerprint density at radius 3 is 2.71 bits per heavy atom. The lowest BCUT2D eigenvalue weighted by Gasteiger charge is -2.21. The second-order valence-electron chi connectivity index (χ2n) is 3.80. The lowest BCUT2D eigenvalue weighted by molar-refractivity contribution is 0.0736. The zero-order valence-electron chi connectivity index (χ0n) is 8.91. The van der Waals surface area contributed by atoms with Crippen LogP contribution in [0.3, 0.4) is 0 Å². The van der Waals surface area contributed by atoms with Gasteiger partial charge >= 0.3 is 0 Å². The molecule has 1 atom stereocenters. The van der Waals surface area contributed by atoms with Crippen LogP contribution < -0.4 is 5.73 Å². The summed E-state index contributed by atoms with van der Waals surface area (Å²) in [5, 5.41) is 7.36. The summed E-state index contributed by atoms with van der Waals surface area (Å²) in [6.45, 7) is 6.74. The van der Waals surface area contributed by atoms with Crippen LogP contribution in [0.2, 0.25) is 0 Å². The second kappa shape index (κ2) is 4.52. The molecular weight excluding hydrogens is 182 g/mol. The minimum atomic E-state index is -0.273. The van der Waals surface area contributed by atoms with Gasteiger partial charge in [0.25, 0.3) is 0 Å². The summed E-state index contributed by atoms with van der Waals surface area (Å²) in [5.74, 6) is 0. The van der Waals surface area contributed by atoms with Crippen LogP contribution in [0.25, 0.3) is 0 Å². The molecule has 1 aromatic rings. The standard InChI is InChI=1S/C9H17N3O2/c1-4-9(3,10)6-13-5-8-7(2)11-14-12-8/h4-6,10H2,1-3H3. The molecule has 0 aliphatic heterocycles. The minimum Gasteiger partial charge on any atom is -0.373 e. The number of nitrogens with two attached hydrogens (primary N) is 1. The number of aromatic nitrogens is 2. The van der Waals surface area contributed by atoms with Gasteiger partial charge in [-0.25, -0.2) is 4.63 Å². The summed E-state index contributed by atoms with van der Waals surface area (Å²) in [6.07, 6.45) is 0.878. The minimum absolute atomic E-state index is 0.273. The van der Waals surface area contributed by atoms with E-state index >= 15 is 0 Å². The highest BCUT2D eigenvalue weighted by molar-refractivity contribution is 5.02. The van der Waals surface area contributed by atoms with Crippen molar-refractivity contribution in [3.05, 3.63) is 11.4 Å². The van der Waals surface area contributed by atoms with Crippen LogP contribution in [0.15, 0.2) is 4.63 Å². The van der Waals surface area contributed by atoms with Crippen molar-refractivity contribution in [3.63, 3.8) is 0 Å². The highest BCUT2D eigenvalue weighted by atomic mass is 16.6. The summed E-state index contributed by atoms with van der Waals surface area (Å²) in [4.78, 5) is 0. The van der Waals surface area contributed by atoms with Crippen molar-refractivity contribution in [1.82, 2.24) is 10.3 Å². The van der Waals surface area contributed by atoms with E-state index in [9.17, 15) is 0 Å². The molecule has 1 unspecified atom stereocenters. The maximum atomic E-state index is 5.91. The van der Waals surface area contributed by atoms with E-state index in [2.05, 4.69) is 14.9 Å². The quantitative estimate of drug-likeness (QED) is 0.766. The molecule has 0 amide bonds. The Morgan fingerprint density at radius 1 is 1.50 bits per heavy atom. The van der Waals surface area contributed by atoms with Crippen molar-refractivity contribution in [2.24, 2.45) is 5.73 Å². The lowest BCUT2D eigenvalue weighted by Crippen LogP contribution is -2.40. The molecular formula is C9H17N3O2. The normalized spacial score (nSPS) is 15.4. The third-order valence-electron chi connectivity index (χ3n) is 2.22. The van der Waals surface area contributed by atoms with Gasteiger partial charge in [0.1, 0.15) is 11.4 Å². The first-order valence-electron chi connectivity index (χ1n) is 4.70. The molecule has 0 saturated carbocycles. The van der Waals surface area contributed by atoms with Gasteiger partial charge in [0, 0.05) is 5.54 Å². The lowest BCUT2D eigenvalue weighted by atomic mass is 10.0. The molecule has 5 nitrogen and oxygen atoms in total. The predicted molar refractivity (Wildman–Crippen MR) is 51.6 cm³/mol. The topological polar surface area (TPSA) is 74.2 Å². The van der Waals surface area contributed by atoms with Gasteiger partial charge in [-0.05, 0) is 20.3 Å². The van der Waals surface area contributed by atoms with E-state index in [1.165, 1.54) is 0 Å². The highest BCUT2D eigenvalue weighted by Gasteiger charge is 2.16. The average molecular weight is 199 g/mol. The van der Waals surface area contributed by atoms with E-state index < -0.39 is 0 Å². The van der Waals surface area contributed by atoms with Gasteiger partial charge in [-0.3, -0.25) is 0 Å². The molecule has 14 heavy (non-hydrogen) atoms. The van der Waals surface area contributed by atoms with Crippen molar-refractivity contribution in [1.29, 1.82) is 0 Å². The molecule has 0 spiro atoms. The first-order chi connectivity index (χ1) is 6.55. The summed E-state index contributed by atoms with van der Waals surface area (Å²) >= 11 is 0. The van der Waals surface area contributed by atoms with Crippen molar-refractivity contribution in [3.8, 4) is 0 Å². The van der Waals surface area contributed by atoms with E-state index in [1.807, 2.05) is 20.8 Å². The van der Waals surface area contributed by atoms with E-state index in [0.717, 1.165) is 17.8 Å². The zero-order chi connectivity index (χ0) is 10.6. The van der Waals surface area contributed by atoms with Gasteiger partial charge in [-0.15, -0.1) is 0 Å². The van der Waals surface area contributed by atoms with Gasteiger partial charge < -0.3 is 10.5 Å². The molecule has 0 saturated heterocycles. The number of rotatable bonds is 5. The molecule has 0 radical (unpaired) electrons. The monoisotopic (exact) mass is 199 g/mol. The maximum absolute atomic E-state index is 5.91. The summed E-state index contributed by atoms with van der Waals surface area (Å²) in [7, 11) is 0. The van der Waals surface area contributed by atoms with E-state index in [4.69, 9.17) is 10.5 Å². The Morgan fingerprint density at radius 2 is 2.21 bits per heavy atom. The Bertz CT molecular complexity index is 283. The van der Waals surface area contributed by atoms with Gasteiger partial charge in [-0.1, -0.05) is 17.2 Å². The molecule has 0 fully saturated rings. The fraction of sp³-hybridized carbons (Fsp3) is 0.778. The largest absolute Gasteiger partial charge is 0.373 e. The smallest absolute Gasteiger partial charge is 0.133 e.